The summed E-state index contributed by atoms with van der Waals surface area (Å²) in [5, 5.41) is 13.2. The predicted octanol–water partition coefficient (Wildman–Crippen LogP) is 4.68. The maximum Gasteiger partial charge on any atom is 0.430 e. The van der Waals surface area contributed by atoms with Crippen molar-refractivity contribution in [1.82, 2.24) is 9.55 Å². The number of alkyl halides is 6. The Morgan fingerprint density at radius 1 is 1.10 bits per heavy atom. The van der Waals surface area contributed by atoms with Crippen molar-refractivity contribution in [3.63, 3.8) is 0 Å². The molecule has 2 aromatic rings. The van der Waals surface area contributed by atoms with Crippen molar-refractivity contribution < 1.29 is 36.3 Å². The van der Waals surface area contributed by atoms with Gasteiger partial charge in [0.25, 0.3) is 5.60 Å². The summed E-state index contributed by atoms with van der Waals surface area (Å²) in [5.41, 5.74) is -5.65. The summed E-state index contributed by atoms with van der Waals surface area (Å²) in [6.45, 7) is 5.67. The molecule has 160 valence electrons. The van der Waals surface area contributed by atoms with E-state index in [1.807, 2.05) is 13.8 Å². The first-order chi connectivity index (χ1) is 13.3. The minimum absolute atomic E-state index is 0.105. The summed E-state index contributed by atoms with van der Waals surface area (Å²) < 4.78 is 79.8. The Kier molecular flexibility index (Phi) is 6.31. The van der Waals surface area contributed by atoms with E-state index in [4.69, 9.17) is 4.84 Å². The third-order valence-corrected chi connectivity index (χ3v) is 4.09. The molecule has 0 unspecified atom stereocenters. The van der Waals surface area contributed by atoms with E-state index in [0.717, 1.165) is 12.1 Å². The van der Waals surface area contributed by atoms with Crippen LogP contribution in [0.1, 0.15) is 43.8 Å². The van der Waals surface area contributed by atoms with E-state index in [-0.39, 0.29) is 11.6 Å². The Morgan fingerprint density at radius 3 is 2.10 bits per heavy atom. The zero-order valence-electron chi connectivity index (χ0n) is 15.7. The van der Waals surface area contributed by atoms with Gasteiger partial charge >= 0.3 is 12.4 Å². The molecule has 0 amide bonds. The molecule has 5 nitrogen and oxygen atoms in total. The van der Waals surface area contributed by atoms with Crippen molar-refractivity contribution >= 4 is 6.21 Å². The minimum Gasteiger partial charge on any atom is -0.396 e. The molecule has 1 aromatic heterocycles. The summed E-state index contributed by atoms with van der Waals surface area (Å²) in [6.07, 6.45) is -9.11. The highest BCUT2D eigenvalue weighted by atomic mass is 19.4. The zero-order valence-corrected chi connectivity index (χ0v) is 15.7. The van der Waals surface area contributed by atoms with Gasteiger partial charge in [0, 0.05) is 17.2 Å². The van der Waals surface area contributed by atoms with Crippen LogP contribution in [-0.4, -0.2) is 39.8 Å². The van der Waals surface area contributed by atoms with Crippen molar-refractivity contribution in [3.8, 4) is 5.69 Å². The second-order valence-corrected chi connectivity index (χ2v) is 6.44. The summed E-state index contributed by atoms with van der Waals surface area (Å²) in [6, 6.07) is 3.26. The molecule has 1 aromatic carbocycles. The van der Waals surface area contributed by atoms with E-state index in [1.165, 1.54) is 17.0 Å². The molecule has 29 heavy (non-hydrogen) atoms. The van der Waals surface area contributed by atoms with Crippen LogP contribution in [0.25, 0.3) is 5.69 Å². The number of aliphatic hydroxyl groups is 1. The first-order valence-corrected chi connectivity index (χ1v) is 8.54. The van der Waals surface area contributed by atoms with E-state index >= 15 is 0 Å². The molecule has 0 bridgehead atoms. The number of nitrogens with zero attached hydrogens (tertiary/aromatic N) is 3. The molecule has 0 spiro atoms. The number of rotatable bonds is 6. The van der Waals surface area contributed by atoms with Crippen LogP contribution in [0.2, 0.25) is 0 Å². The second kappa shape index (κ2) is 8.05. The fourth-order valence-corrected chi connectivity index (χ4v) is 2.67. The Bertz CT molecular complexity index is 840. The Labute approximate surface area is 162 Å². The summed E-state index contributed by atoms with van der Waals surface area (Å²) in [4.78, 5) is 9.11. The third kappa shape index (κ3) is 4.24. The van der Waals surface area contributed by atoms with Crippen LogP contribution in [-0.2, 0) is 10.4 Å². The minimum atomic E-state index is -5.94. The fraction of sp³-hybridized carbons (Fsp3) is 0.444. The van der Waals surface area contributed by atoms with Gasteiger partial charge < -0.3 is 9.94 Å². The van der Waals surface area contributed by atoms with Crippen molar-refractivity contribution in [1.29, 1.82) is 0 Å². The fourth-order valence-electron chi connectivity index (χ4n) is 2.67. The van der Waals surface area contributed by atoms with E-state index < -0.39 is 23.5 Å². The molecule has 0 fully saturated rings. The maximum atomic E-state index is 13.1. The molecule has 0 saturated heterocycles. The smallest absolute Gasteiger partial charge is 0.396 e. The lowest BCUT2D eigenvalue weighted by Gasteiger charge is -2.32. The van der Waals surface area contributed by atoms with Crippen LogP contribution < -0.4 is 0 Å². The molecule has 11 heteroatoms. The largest absolute Gasteiger partial charge is 0.430 e. The first-order valence-electron chi connectivity index (χ1n) is 8.54. The van der Waals surface area contributed by atoms with Crippen LogP contribution in [0, 0.1) is 0 Å². The average molecular weight is 423 g/mol. The molecule has 0 aliphatic rings. The van der Waals surface area contributed by atoms with Gasteiger partial charge in [-0.1, -0.05) is 31.1 Å². The molecule has 2 rings (SSSR count). The molecule has 1 N–H and O–H groups in total. The van der Waals surface area contributed by atoms with Crippen LogP contribution in [0.5, 0.6) is 0 Å². The van der Waals surface area contributed by atoms with Gasteiger partial charge in [-0.25, -0.2) is 4.98 Å². The molecule has 0 aliphatic heterocycles. The van der Waals surface area contributed by atoms with Gasteiger partial charge in [-0.15, -0.1) is 0 Å². The highest BCUT2D eigenvalue weighted by Crippen LogP contribution is 2.50. The lowest BCUT2D eigenvalue weighted by Crippen LogP contribution is -2.53. The number of hydrogen-bond acceptors (Lipinski definition) is 4. The lowest BCUT2D eigenvalue weighted by atomic mass is 9.92. The van der Waals surface area contributed by atoms with Crippen molar-refractivity contribution in [3.05, 3.63) is 47.5 Å². The van der Waals surface area contributed by atoms with Gasteiger partial charge in [-0.05, 0) is 19.1 Å². The molecule has 1 heterocycles. The normalized spacial score (nSPS) is 13.5. The van der Waals surface area contributed by atoms with Gasteiger partial charge in [0.15, 0.2) is 0 Å². The summed E-state index contributed by atoms with van der Waals surface area (Å²) in [7, 11) is 0. The summed E-state index contributed by atoms with van der Waals surface area (Å²) >= 11 is 0. The predicted molar refractivity (Wildman–Crippen MR) is 92.9 cm³/mol. The van der Waals surface area contributed by atoms with Crippen molar-refractivity contribution in [2.24, 2.45) is 5.16 Å². The maximum absolute atomic E-state index is 13.1. The molecular formula is C18H19F6N3O2. The standard InChI is InChI=1S/C18H19F6N3O2/c1-4-29-26-10-14-9-25-15(11(2)3)27(14)13-7-5-12(6-8-13)16(28,17(19,20)21)18(22,23)24/h5-11,28H,4H2,1-3H3. The van der Waals surface area contributed by atoms with E-state index in [0.29, 0.717) is 30.3 Å². The topological polar surface area (TPSA) is 59.6 Å². The van der Waals surface area contributed by atoms with E-state index in [2.05, 4.69) is 10.1 Å². The number of oxime groups is 1. The molecule has 0 aliphatic carbocycles. The molecule has 0 atom stereocenters. The van der Waals surface area contributed by atoms with Crippen LogP contribution in [0.15, 0.2) is 35.6 Å². The SMILES string of the molecule is CCON=Cc1cnc(C(C)C)n1-c1ccc(C(O)(C(F)(F)F)C(F)(F)F)cc1. The number of aromatic nitrogens is 2. The Balaban J connectivity index is 2.56. The number of benzene rings is 1. The third-order valence-electron chi connectivity index (χ3n) is 4.09. The van der Waals surface area contributed by atoms with Gasteiger partial charge in [-0.2, -0.15) is 26.3 Å². The highest BCUT2D eigenvalue weighted by Gasteiger charge is 2.71. The average Bonchev–Trinajstić information content (AvgIpc) is 3.03. The van der Waals surface area contributed by atoms with Crippen LogP contribution >= 0.6 is 0 Å². The Hall–Kier alpha value is -2.56. The van der Waals surface area contributed by atoms with Gasteiger partial charge in [0.05, 0.1) is 18.1 Å². The van der Waals surface area contributed by atoms with E-state index in [1.54, 1.807) is 6.92 Å². The van der Waals surface area contributed by atoms with Crippen molar-refractivity contribution in [2.75, 3.05) is 6.61 Å². The number of halogens is 6. The van der Waals surface area contributed by atoms with Crippen LogP contribution in [0.3, 0.4) is 0 Å². The lowest BCUT2D eigenvalue weighted by molar-refractivity contribution is -0.376. The first kappa shape index (κ1) is 22.7. The van der Waals surface area contributed by atoms with E-state index in [9.17, 15) is 31.4 Å². The monoisotopic (exact) mass is 423 g/mol. The number of hydrogen-bond donors (Lipinski definition) is 1. The van der Waals surface area contributed by atoms with Gasteiger partial charge in [-0.3, -0.25) is 4.57 Å². The molecule has 0 saturated carbocycles. The van der Waals surface area contributed by atoms with Gasteiger partial charge in [0.2, 0.25) is 0 Å². The quantitative estimate of drug-likeness (QED) is 0.417. The van der Waals surface area contributed by atoms with Gasteiger partial charge in [0.1, 0.15) is 12.4 Å². The summed E-state index contributed by atoms with van der Waals surface area (Å²) in [5.74, 6) is 0.406. The highest BCUT2D eigenvalue weighted by molar-refractivity contribution is 5.78. The molecule has 0 radical (unpaired) electrons. The van der Waals surface area contributed by atoms with Crippen molar-refractivity contribution in [2.45, 2.75) is 44.6 Å². The second-order valence-electron chi connectivity index (χ2n) is 6.44. The number of imidazole rings is 1. The zero-order chi connectivity index (χ0) is 22.0. The Morgan fingerprint density at radius 2 is 1.66 bits per heavy atom. The van der Waals surface area contributed by atoms with Crippen LogP contribution in [0.4, 0.5) is 26.3 Å². The molecular weight excluding hydrogens is 404 g/mol.